The average Bonchev–Trinajstić information content (AvgIpc) is 2.25. The Bertz CT molecular complexity index is 294. The van der Waals surface area contributed by atoms with Gasteiger partial charge in [-0.25, -0.2) is 0 Å². The van der Waals surface area contributed by atoms with E-state index < -0.39 is 0 Å². The second-order valence-corrected chi connectivity index (χ2v) is 3.36. The lowest BCUT2D eigenvalue weighted by atomic mass is 10.2. The van der Waals surface area contributed by atoms with Gasteiger partial charge in [0.2, 0.25) is 0 Å². The van der Waals surface area contributed by atoms with Crippen molar-refractivity contribution in [3.8, 4) is 5.75 Å². The Morgan fingerprint density at radius 3 is 2.67 bits per heavy atom. The lowest BCUT2D eigenvalue weighted by molar-refractivity contribution is 0.226. The molecular weight excluding hydrogens is 188 g/mol. The summed E-state index contributed by atoms with van der Waals surface area (Å²) >= 11 is 0. The molecule has 0 unspecified atom stereocenters. The van der Waals surface area contributed by atoms with Crippen molar-refractivity contribution >= 4 is 0 Å². The molecule has 0 aliphatic carbocycles. The molecule has 0 radical (unpaired) electrons. The SMILES string of the molecule is C=COCCCCOc1ccccc1C. The first kappa shape index (κ1) is 11.6. The van der Waals surface area contributed by atoms with Crippen LogP contribution in [0.3, 0.4) is 0 Å². The van der Waals surface area contributed by atoms with Crippen molar-refractivity contribution in [2.24, 2.45) is 0 Å². The Balaban J connectivity index is 2.15. The number of benzene rings is 1. The summed E-state index contributed by atoms with van der Waals surface area (Å²) < 4.78 is 10.7. The predicted octanol–water partition coefficient (Wildman–Crippen LogP) is 3.31. The summed E-state index contributed by atoms with van der Waals surface area (Å²) in [6.45, 7) is 7.00. The maximum atomic E-state index is 5.64. The van der Waals surface area contributed by atoms with Gasteiger partial charge in [0, 0.05) is 0 Å². The highest BCUT2D eigenvalue weighted by Crippen LogP contribution is 2.16. The van der Waals surface area contributed by atoms with E-state index in [1.165, 1.54) is 11.8 Å². The molecule has 82 valence electrons. The second kappa shape index (κ2) is 6.93. The molecule has 0 N–H and O–H groups in total. The van der Waals surface area contributed by atoms with Gasteiger partial charge in [-0.15, -0.1) is 0 Å². The molecule has 1 rings (SSSR count). The molecule has 0 bridgehead atoms. The molecule has 0 atom stereocenters. The fraction of sp³-hybridized carbons (Fsp3) is 0.385. The van der Waals surface area contributed by atoms with Gasteiger partial charge in [0.1, 0.15) is 5.75 Å². The fourth-order valence-electron chi connectivity index (χ4n) is 1.27. The summed E-state index contributed by atoms with van der Waals surface area (Å²) in [5.74, 6) is 0.974. The highest BCUT2D eigenvalue weighted by molar-refractivity contribution is 5.31. The first-order valence-electron chi connectivity index (χ1n) is 5.25. The third-order valence-corrected chi connectivity index (χ3v) is 2.13. The van der Waals surface area contributed by atoms with Crippen LogP contribution >= 0.6 is 0 Å². The first-order chi connectivity index (χ1) is 7.34. The van der Waals surface area contributed by atoms with Gasteiger partial charge in [-0.2, -0.15) is 0 Å². The van der Waals surface area contributed by atoms with Crippen LogP contribution in [0.2, 0.25) is 0 Å². The van der Waals surface area contributed by atoms with E-state index in [4.69, 9.17) is 9.47 Å². The zero-order valence-corrected chi connectivity index (χ0v) is 9.24. The van der Waals surface area contributed by atoms with Gasteiger partial charge in [0.25, 0.3) is 0 Å². The molecule has 0 aromatic heterocycles. The summed E-state index contributed by atoms with van der Waals surface area (Å²) in [5.41, 5.74) is 1.18. The molecule has 0 spiro atoms. The molecule has 1 aromatic rings. The van der Waals surface area contributed by atoms with Gasteiger partial charge >= 0.3 is 0 Å². The van der Waals surface area contributed by atoms with Crippen molar-refractivity contribution in [1.82, 2.24) is 0 Å². The molecule has 0 saturated heterocycles. The Morgan fingerprint density at radius 2 is 1.93 bits per heavy atom. The molecule has 0 aliphatic rings. The number of rotatable bonds is 7. The van der Waals surface area contributed by atoms with Gasteiger partial charge in [0.05, 0.1) is 19.5 Å². The van der Waals surface area contributed by atoms with Crippen LogP contribution in [0.25, 0.3) is 0 Å². The first-order valence-corrected chi connectivity index (χ1v) is 5.25. The third-order valence-electron chi connectivity index (χ3n) is 2.13. The van der Waals surface area contributed by atoms with Gasteiger partial charge in [-0.05, 0) is 31.4 Å². The van der Waals surface area contributed by atoms with Crippen molar-refractivity contribution < 1.29 is 9.47 Å². The summed E-state index contributed by atoms with van der Waals surface area (Å²) in [6.07, 6.45) is 3.47. The lowest BCUT2D eigenvalue weighted by Gasteiger charge is -2.08. The summed E-state index contributed by atoms with van der Waals surface area (Å²) in [6, 6.07) is 8.05. The Labute approximate surface area is 91.5 Å². The maximum Gasteiger partial charge on any atom is 0.122 e. The Morgan fingerprint density at radius 1 is 1.20 bits per heavy atom. The molecule has 2 nitrogen and oxygen atoms in total. The monoisotopic (exact) mass is 206 g/mol. The number of ether oxygens (including phenoxy) is 2. The smallest absolute Gasteiger partial charge is 0.122 e. The normalized spacial score (nSPS) is 9.67. The lowest BCUT2D eigenvalue weighted by Crippen LogP contribution is -2.00. The molecule has 15 heavy (non-hydrogen) atoms. The maximum absolute atomic E-state index is 5.64. The fourth-order valence-corrected chi connectivity index (χ4v) is 1.27. The standard InChI is InChI=1S/C13H18O2/c1-3-14-10-6-7-11-15-13-9-5-4-8-12(13)2/h3-5,8-9H,1,6-7,10-11H2,2H3. The molecule has 0 aliphatic heterocycles. The molecule has 0 fully saturated rings. The van der Waals surface area contributed by atoms with E-state index in [1.807, 2.05) is 18.2 Å². The Kier molecular flexibility index (Phi) is 5.38. The van der Waals surface area contributed by atoms with Crippen LogP contribution < -0.4 is 4.74 Å². The van der Waals surface area contributed by atoms with Crippen LogP contribution in [0.15, 0.2) is 37.1 Å². The molecule has 0 amide bonds. The van der Waals surface area contributed by atoms with Crippen LogP contribution in [0, 0.1) is 6.92 Å². The van der Waals surface area contributed by atoms with Crippen molar-refractivity contribution in [1.29, 1.82) is 0 Å². The van der Waals surface area contributed by atoms with Crippen LogP contribution in [-0.4, -0.2) is 13.2 Å². The van der Waals surface area contributed by atoms with E-state index in [0.29, 0.717) is 0 Å². The number of aryl methyl sites for hydroxylation is 1. The van der Waals surface area contributed by atoms with Gasteiger partial charge in [-0.1, -0.05) is 24.8 Å². The summed E-state index contributed by atoms with van der Waals surface area (Å²) in [5, 5.41) is 0. The number of unbranched alkanes of at least 4 members (excludes halogenated alkanes) is 1. The van der Waals surface area contributed by atoms with Crippen molar-refractivity contribution in [3.63, 3.8) is 0 Å². The van der Waals surface area contributed by atoms with Crippen molar-refractivity contribution in [2.45, 2.75) is 19.8 Å². The largest absolute Gasteiger partial charge is 0.502 e. The minimum Gasteiger partial charge on any atom is -0.502 e. The van der Waals surface area contributed by atoms with Crippen LogP contribution in [0.5, 0.6) is 5.75 Å². The van der Waals surface area contributed by atoms with E-state index in [9.17, 15) is 0 Å². The van der Waals surface area contributed by atoms with E-state index in [-0.39, 0.29) is 0 Å². The molecule has 0 saturated carbocycles. The average molecular weight is 206 g/mol. The molecule has 1 aromatic carbocycles. The topological polar surface area (TPSA) is 18.5 Å². The number of hydrogen-bond acceptors (Lipinski definition) is 2. The minimum atomic E-state index is 0.723. The Hall–Kier alpha value is -1.44. The van der Waals surface area contributed by atoms with Crippen LogP contribution in [0.1, 0.15) is 18.4 Å². The number of hydrogen-bond donors (Lipinski definition) is 0. The predicted molar refractivity (Wildman–Crippen MR) is 62.1 cm³/mol. The number of para-hydroxylation sites is 1. The van der Waals surface area contributed by atoms with E-state index >= 15 is 0 Å². The van der Waals surface area contributed by atoms with E-state index in [1.54, 1.807) is 0 Å². The van der Waals surface area contributed by atoms with E-state index in [2.05, 4.69) is 19.6 Å². The molecule has 0 heterocycles. The third kappa shape index (κ3) is 4.54. The van der Waals surface area contributed by atoms with Crippen LogP contribution in [0.4, 0.5) is 0 Å². The highest BCUT2D eigenvalue weighted by Gasteiger charge is 1.96. The molecule has 2 heteroatoms. The van der Waals surface area contributed by atoms with Crippen LogP contribution in [-0.2, 0) is 4.74 Å². The summed E-state index contributed by atoms with van der Waals surface area (Å²) in [4.78, 5) is 0. The van der Waals surface area contributed by atoms with Crippen molar-refractivity contribution in [3.05, 3.63) is 42.7 Å². The summed E-state index contributed by atoms with van der Waals surface area (Å²) in [7, 11) is 0. The van der Waals surface area contributed by atoms with Gasteiger partial charge in [-0.3, -0.25) is 0 Å². The molecular formula is C13H18O2. The van der Waals surface area contributed by atoms with E-state index in [0.717, 1.165) is 31.8 Å². The zero-order chi connectivity index (χ0) is 10.9. The second-order valence-electron chi connectivity index (χ2n) is 3.36. The van der Waals surface area contributed by atoms with Gasteiger partial charge in [0.15, 0.2) is 0 Å². The van der Waals surface area contributed by atoms with Crippen molar-refractivity contribution in [2.75, 3.05) is 13.2 Å². The quantitative estimate of drug-likeness (QED) is 0.503. The van der Waals surface area contributed by atoms with Gasteiger partial charge < -0.3 is 9.47 Å². The highest BCUT2D eigenvalue weighted by atomic mass is 16.5. The zero-order valence-electron chi connectivity index (χ0n) is 9.24. The minimum absolute atomic E-state index is 0.723.